The van der Waals surface area contributed by atoms with E-state index in [1.54, 1.807) is 40.0 Å². The fourth-order valence-corrected chi connectivity index (χ4v) is 4.53. The van der Waals surface area contributed by atoms with Crippen LogP contribution in [0.4, 0.5) is 0 Å². The minimum absolute atomic E-state index is 0.0704. The number of nitrogens with zero attached hydrogens (tertiary/aromatic N) is 2. The van der Waals surface area contributed by atoms with Crippen molar-refractivity contribution in [3.05, 3.63) is 62.0 Å². The highest BCUT2D eigenvalue weighted by molar-refractivity contribution is 7.17. The van der Waals surface area contributed by atoms with Gasteiger partial charge in [0.2, 0.25) is 0 Å². The summed E-state index contributed by atoms with van der Waals surface area (Å²) in [6.07, 6.45) is 4.14. The molecule has 27 heavy (non-hydrogen) atoms. The third kappa shape index (κ3) is 3.84. The zero-order valence-electron chi connectivity index (χ0n) is 14.4. The van der Waals surface area contributed by atoms with Crippen LogP contribution >= 0.6 is 22.9 Å². The summed E-state index contributed by atoms with van der Waals surface area (Å²) >= 11 is 7.52. The van der Waals surface area contributed by atoms with Gasteiger partial charge in [-0.3, -0.25) is 9.20 Å². The molecule has 0 atom stereocenters. The lowest BCUT2D eigenvalue weighted by Gasteiger charge is -2.10. The molecule has 6 nitrogen and oxygen atoms in total. The molecule has 1 aromatic carbocycles. The Hall–Kier alpha value is -2.38. The molecule has 0 saturated carbocycles. The van der Waals surface area contributed by atoms with Crippen LogP contribution in [0.1, 0.15) is 29.1 Å². The molecule has 0 saturated heterocycles. The fraction of sp³-hybridized carbons (Fsp3) is 0.316. The van der Waals surface area contributed by atoms with E-state index in [4.69, 9.17) is 21.1 Å². The van der Waals surface area contributed by atoms with Crippen LogP contribution < -0.4 is 10.3 Å². The van der Waals surface area contributed by atoms with Crippen molar-refractivity contribution in [2.75, 3.05) is 6.61 Å². The van der Waals surface area contributed by atoms with Crippen molar-refractivity contribution >= 4 is 33.9 Å². The van der Waals surface area contributed by atoms with E-state index in [1.807, 2.05) is 0 Å². The number of para-hydroxylation sites is 1. The zero-order valence-corrected chi connectivity index (χ0v) is 16.0. The smallest absolute Gasteiger partial charge is 0.344 e. The summed E-state index contributed by atoms with van der Waals surface area (Å²) in [7, 11) is 0. The maximum Gasteiger partial charge on any atom is 0.344 e. The highest BCUT2D eigenvalue weighted by atomic mass is 35.5. The first-order chi connectivity index (χ1) is 13.1. The molecule has 0 bridgehead atoms. The largest absolute Gasteiger partial charge is 0.480 e. The number of aryl methyl sites for hydroxylation is 2. The van der Waals surface area contributed by atoms with Gasteiger partial charge in [-0.2, -0.15) is 0 Å². The van der Waals surface area contributed by atoms with Crippen LogP contribution in [0.3, 0.4) is 0 Å². The number of thiazole rings is 1. The van der Waals surface area contributed by atoms with Crippen LogP contribution in [0.2, 0.25) is 5.02 Å². The number of esters is 1. The van der Waals surface area contributed by atoms with Gasteiger partial charge < -0.3 is 9.47 Å². The SMILES string of the molecule is O=C(COc1ccccc1Cl)OCc1cc(=O)n2c3c(sc2n1)CCCC3. The Morgan fingerprint density at radius 2 is 2.07 bits per heavy atom. The summed E-state index contributed by atoms with van der Waals surface area (Å²) in [6, 6.07) is 8.31. The average molecular weight is 405 g/mol. The number of benzene rings is 1. The second-order valence-electron chi connectivity index (χ2n) is 6.26. The number of ether oxygens (including phenoxy) is 2. The summed E-state index contributed by atoms with van der Waals surface area (Å²) in [5.41, 5.74) is 1.39. The van der Waals surface area contributed by atoms with Gasteiger partial charge in [0.25, 0.3) is 5.56 Å². The van der Waals surface area contributed by atoms with Crippen LogP contribution in [0, 0.1) is 0 Å². The topological polar surface area (TPSA) is 69.9 Å². The average Bonchev–Trinajstić information content (AvgIpc) is 3.04. The summed E-state index contributed by atoms with van der Waals surface area (Å²) in [5, 5.41) is 0.423. The lowest BCUT2D eigenvalue weighted by molar-refractivity contribution is -0.147. The first-order valence-electron chi connectivity index (χ1n) is 8.68. The molecular formula is C19H17ClN2O4S. The number of hydrogen-bond donors (Lipinski definition) is 0. The standard InChI is InChI=1S/C19H17ClN2O4S/c20-13-5-1-3-7-15(13)25-11-18(24)26-10-12-9-17(23)22-14-6-2-4-8-16(14)27-19(22)21-12/h1,3,5,7,9H,2,4,6,8,10-11H2. The Kier molecular flexibility index (Phi) is 5.13. The highest BCUT2D eigenvalue weighted by Gasteiger charge is 2.18. The number of halogens is 1. The number of carbonyl (C=O) groups excluding carboxylic acids is 1. The second-order valence-corrected chi connectivity index (χ2v) is 7.73. The van der Waals surface area contributed by atoms with Crippen molar-refractivity contribution in [3.63, 3.8) is 0 Å². The molecule has 140 valence electrons. The van der Waals surface area contributed by atoms with Crippen LogP contribution in [-0.2, 0) is 29.0 Å². The van der Waals surface area contributed by atoms with Crippen LogP contribution in [0.5, 0.6) is 5.75 Å². The normalized spacial score (nSPS) is 13.4. The van der Waals surface area contributed by atoms with Gasteiger partial charge in [-0.25, -0.2) is 9.78 Å². The number of carbonyl (C=O) groups is 1. The third-order valence-corrected chi connectivity index (χ3v) is 5.83. The van der Waals surface area contributed by atoms with Gasteiger partial charge in [-0.1, -0.05) is 23.7 Å². The van der Waals surface area contributed by atoms with Crippen LogP contribution in [0.25, 0.3) is 4.96 Å². The predicted molar refractivity (Wildman–Crippen MR) is 103 cm³/mol. The van der Waals surface area contributed by atoms with Crippen LogP contribution in [0.15, 0.2) is 35.1 Å². The summed E-state index contributed by atoms with van der Waals surface area (Å²) in [5.74, 6) is -0.138. The van der Waals surface area contributed by atoms with E-state index in [-0.39, 0.29) is 18.8 Å². The van der Waals surface area contributed by atoms with E-state index in [0.717, 1.165) is 31.4 Å². The third-order valence-electron chi connectivity index (χ3n) is 4.38. The molecule has 2 aromatic heterocycles. The first-order valence-corrected chi connectivity index (χ1v) is 9.87. The maximum atomic E-state index is 12.5. The lowest BCUT2D eigenvalue weighted by atomic mass is 10.0. The van der Waals surface area contributed by atoms with E-state index in [2.05, 4.69) is 4.98 Å². The highest BCUT2D eigenvalue weighted by Crippen LogP contribution is 2.28. The molecule has 1 aliphatic rings. The fourth-order valence-electron chi connectivity index (χ4n) is 3.11. The molecule has 8 heteroatoms. The van der Waals surface area contributed by atoms with Gasteiger partial charge in [0, 0.05) is 16.6 Å². The summed E-state index contributed by atoms with van der Waals surface area (Å²) in [4.78, 5) is 30.8. The molecular weight excluding hydrogens is 388 g/mol. The molecule has 2 heterocycles. The van der Waals surface area contributed by atoms with Crippen molar-refractivity contribution in [2.24, 2.45) is 0 Å². The van der Waals surface area contributed by atoms with E-state index < -0.39 is 5.97 Å². The predicted octanol–water partition coefficient (Wildman–Crippen LogP) is 3.41. The first kappa shape index (κ1) is 18.0. The molecule has 0 aliphatic heterocycles. The molecule has 0 spiro atoms. The van der Waals surface area contributed by atoms with Gasteiger partial charge in [0.1, 0.15) is 12.4 Å². The Bertz CT molecular complexity index is 1060. The number of fused-ring (bicyclic) bond motifs is 3. The van der Waals surface area contributed by atoms with Crippen LogP contribution in [-0.4, -0.2) is 22.0 Å². The van der Waals surface area contributed by atoms with Gasteiger partial charge >= 0.3 is 5.97 Å². The zero-order chi connectivity index (χ0) is 18.8. The van der Waals surface area contributed by atoms with Crippen molar-refractivity contribution in [3.8, 4) is 5.75 Å². The van der Waals surface area contributed by atoms with E-state index in [0.29, 0.717) is 21.4 Å². The van der Waals surface area contributed by atoms with Crippen molar-refractivity contribution in [2.45, 2.75) is 32.3 Å². The Morgan fingerprint density at radius 1 is 1.26 bits per heavy atom. The van der Waals surface area contributed by atoms with Crippen molar-refractivity contribution in [1.82, 2.24) is 9.38 Å². The molecule has 0 radical (unpaired) electrons. The van der Waals surface area contributed by atoms with E-state index >= 15 is 0 Å². The minimum atomic E-state index is -0.553. The molecule has 4 rings (SSSR count). The van der Waals surface area contributed by atoms with Gasteiger partial charge in [0.05, 0.1) is 10.7 Å². The summed E-state index contributed by atoms with van der Waals surface area (Å²) in [6.45, 7) is -0.336. The molecule has 0 unspecified atom stereocenters. The van der Waals surface area contributed by atoms with E-state index in [1.165, 1.54) is 10.9 Å². The quantitative estimate of drug-likeness (QED) is 0.609. The molecule has 0 N–H and O–H groups in total. The Morgan fingerprint density at radius 3 is 2.93 bits per heavy atom. The number of aromatic nitrogens is 2. The lowest BCUT2D eigenvalue weighted by Crippen LogP contribution is -2.19. The molecule has 0 fully saturated rings. The number of rotatable bonds is 5. The Labute approximate surface area is 164 Å². The second kappa shape index (κ2) is 7.70. The van der Waals surface area contributed by atoms with E-state index in [9.17, 15) is 9.59 Å². The van der Waals surface area contributed by atoms with Gasteiger partial charge in [-0.15, -0.1) is 11.3 Å². The monoisotopic (exact) mass is 404 g/mol. The minimum Gasteiger partial charge on any atom is -0.480 e. The van der Waals surface area contributed by atoms with Crippen molar-refractivity contribution in [1.29, 1.82) is 0 Å². The van der Waals surface area contributed by atoms with Gasteiger partial charge in [-0.05, 0) is 37.8 Å². The number of hydrogen-bond acceptors (Lipinski definition) is 6. The molecule has 0 amide bonds. The molecule has 1 aliphatic carbocycles. The maximum absolute atomic E-state index is 12.5. The molecule has 3 aromatic rings. The van der Waals surface area contributed by atoms with Gasteiger partial charge in [0.15, 0.2) is 11.6 Å². The van der Waals surface area contributed by atoms with Crippen molar-refractivity contribution < 1.29 is 14.3 Å². The summed E-state index contributed by atoms with van der Waals surface area (Å²) < 4.78 is 12.2. The Balaban J connectivity index is 1.42.